The topological polar surface area (TPSA) is 0 Å². The van der Waals surface area contributed by atoms with Crippen LogP contribution in [0.15, 0.2) is 0 Å². The maximum Gasteiger partial charge on any atom is -0.0379 e. The fourth-order valence-electron chi connectivity index (χ4n) is 0.489. The van der Waals surface area contributed by atoms with E-state index in [1.165, 1.54) is 19.0 Å². The van der Waals surface area contributed by atoms with Crippen LogP contribution in [0, 0.1) is 5.92 Å². The van der Waals surface area contributed by atoms with Gasteiger partial charge in [0.15, 0.2) is 0 Å². The molecule has 0 bridgehead atoms. The maximum absolute atomic E-state index is 2.75. The van der Waals surface area contributed by atoms with Crippen LogP contribution in [0.3, 0.4) is 0 Å². The van der Waals surface area contributed by atoms with Crippen LogP contribution in [0.2, 0.25) is 0 Å². The normalized spacial score (nSPS) is 12.4. The molecule has 0 amide bonds. The molecular formula is C6H16ClP. The fourth-order valence-corrected chi connectivity index (χ4v) is 1.06. The zero-order valence-electron chi connectivity index (χ0n) is 5.68. The Balaban J connectivity index is 0. The van der Waals surface area contributed by atoms with Crippen LogP contribution in [0.25, 0.3) is 0 Å². The van der Waals surface area contributed by atoms with Gasteiger partial charge in [0.25, 0.3) is 0 Å². The Labute approximate surface area is 61.0 Å². The smallest absolute Gasteiger partial charge is 0.0379 e. The summed E-state index contributed by atoms with van der Waals surface area (Å²) < 4.78 is 0. The van der Waals surface area contributed by atoms with Gasteiger partial charge >= 0.3 is 0 Å². The summed E-state index contributed by atoms with van der Waals surface area (Å²) in [5.74, 6) is 0.928. The summed E-state index contributed by atoms with van der Waals surface area (Å²) in [5, 5.41) is 0. The summed E-state index contributed by atoms with van der Waals surface area (Å²) in [5.41, 5.74) is 0. The maximum atomic E-state index is 2.75. The highest BCUT2D eigenvalue weighted by atomic mass is 35.5. The Morgan fingerprint density at radius 1 is 1.50 bits per heavy atom. The summed E-state index contributed by atoms with van der Waals surface area (Å²) in [6.45, 7) is 4.54. The Kier molecular flexibility index (Phi) is 11.1. The highest BCUT2D eigenvalue weighted by molar-refractivity contribution is 7.16. The molecule has 0 N–H and O–H groups in total. The van der Waals surface area contributed by atoms with Gasteiger partial charge in [-0.1, -0.05) is 20.3 Å². The lowest BCUT2D eigenvalue weighted by atomic mass is 10.1. The van der Waals surface area contributed by atoms with Crippen molar-refractivity contribution in [3.63, 3.8) is 0 Å². The van der Waals surface area contributed by atoms with Crippen molar-refractivity contribution in [3.05, 3.63) is 0 Å². The Hall–Kier alpha value is 0.720. The van der Waals surface area contributed by atoms with Crippen molar-refractivity contribution in [3.8, 4) is 0 Å². The van der Waals surface area contributed by atoms with Gasteiger partial charge in [-0.2, -0.15) is 0 Å². The third-order valence-electron chi connectivity index (χ3n) is 1.36. The first kappa shape index (κ1) is 11.5. The first-order valence-corrected chi connectivity index (χ1v) is 3.83. The first-order valence-electron chi connectivity index (χ1n) is 3.01. The lowest BCUT2D eigenvalue weighted by Crippen LogP contribution is -1.90. The Bertz CT molecular complexity index is 39.5. The van der Waals surface area contributed by atoms with Gasteiger partial charge in [0.2, 0.25) is 0 Å². The van der Waals surface area contributed by atoms with E-state index in [1.54, 1.807) is 0 Å². The highest BCUT2D eigenvalue weighted by Gasteiger charge is 1.92. The van der Waals surface area contributed by atoms with Crippen molar-refractivity contribution in [2.24, 2.45) is 5.92 Å². The standard InChI is InChI=1S/C6H15P.ClH/c1-3-6(2)4-5-7;/h6H,3-5,7H2,1-2H3;1H. The van der Waals surface area contributed by atoms with Gasteiger partial charge in [-0.05, 0) is 18.5 Å². The molecule has 0 heterocycles. The van der Waals surface area contributed by atoms with E-state index in [9.17, 15) is 0 Å². The predicted octanol–water partition coefficient (Wildman–Crippen LogP) is 2.72. The van der Waals surface area contributed by atoms with Gasteiger partial charge in [0.05, 0.1) is 0 Å². The van der Waals surface area contributed by atoms with E-state index in [2.05, 4.69) is 23.1 Å². The molecule has 0 radical (unpaired) electrons. The second kappa shape index (κ2) is 7.72. The van der Waals surface area contributed by atoms with Gasteiger partial charge in [-0.3, -0.25) is 0 Å². The lowest BCUT2D eigenvalue weighted by molar-refractivity contribution is 0.549. The lowest BCUT2D eigenvalue weighted by Gasteiger charge is -2.02. The number of hydrogen-bond donors (Lipinski definition) is 0. The van der Waals surface area contributed by atoms with Crippen molar-refractivity contribution in [2.45, 2.75) is 26.7 Å². The van der Waals surface area contributed by atoms with E-state index in [1.807, 2.05) is 0 Å². The van der Waals surface area contributed by atoms with E-state index < -0.39 is 0 Å². The van der Waals surface area contributed by atoms with Crippen molar-refractivity contribution in [2.75, 3.05) is 6.16 Å². The Morgan fingerprint density at radius 2 is 2.00 bits per heavy atom. The van der Waals surface area contributed by atoms with E-state index in [4.69, 9.17) is 0 Å². The minimum Gasteiger partial charge on any atom is -0.147 e. The summed E-state index contributed by atoms with van der Waals surface area (Å²) in [6.07, 6.45) is 3.95. The van der Waals surface area contributed by atoms with Crippen molar-refractivity contribution < 1.29 is 0 Å². The zero-order chi connectivity index (χ0) is 5.70. The van der Waals surface area contributed by atoms with Crippen LogP contribution < -0.4 is 0 Å². The monoisotopic (exact) mass is 154 g/mol. The molecule has 0 saturated heterocycles. The van der Waals surface area contributed by atoms with Gasteiger partial charge in [-0.25, -0.2) is 0 Å². The highest BCUT2D eigenvalue weighted by Crippen LogP contribution is 2.06. The third kappa shape index (κ3) is 6.72. The molecule has 0 aliphatic rings. The molecule has 0 aromatic rings. The molecule has 0 aromatic heterocycles. The summed E-state index contributed by atoms with van der Waals surface area (Å²) in [6, 6.07) is 0. The molecule has 0 rings (SSSR count). The van der Waals surface area contributed by atoms with Crippen LogP contribution in [0.1, 0.15) is 26.7 Å². The zero-order valence-corrected chi connectivity index (χ0v) is 7.66. The average molecular weight is 155 g/mol. The van der Waals surface area contributed by atoms with E-state index in [0.717, 1.165) is 5.92 Å². The molecular weight excluding hydrogens is 138 g/mol. The van der Waals surface area contributed by atoms with Gasteiger partial charge in [0.1, 0.15) is 0 Å². The van der Waals surface area contributed by atoms with Crippen LogP contribution in [-0.4, -0.2) is 6.16 Å². The van der Waals surface area contributed by atoms with Crippen LogP contribution in [0.4, 0.5) is 0 Å². The molecule has 2 unspecified atom stereocenters. The molecule has 0 aliphatic heterocycles. The van der Waals surface area contributed by atoms with E-state index in [0.29, 0.717) is 0 Å². The molecule has 2 heteroatoms. The molecule has 0 aromatic carbocycles. The minimum atomic E-state index is 0. The molecule has 8 heavy (non-hydrogen) atoms. The molecule has 0 nitrogen and oxygen atoms in total. The van der Waals surface area contributed by atoms with Crippen molar-refractivity contribution >= 4 is 21.6 Å². The van der Waals surface area contributed by atoms with E-state index >= 15 is 0 Å². The molecule has 0 spiro atoms. The average Bonchev–Trinajstić information content (AvgIpc) is 1.68. The number of rotatable bonds is 3. The van der Waals surface area contributed by atoms with Crippen LogP contribution in [-0.2, 0) is 0 Å². The number of hydrogen-bond acceptors (Lipinski definition) is 0. The van der Waals surface area contributed by atoms with Gasteiger partial charge in [0, 0.05) is 0 Å². The fraction of sp³-hybridized carbons (Fsp3) is 1.00. The SMILES string of the molecule is CCC(C)CCP.Cl. The first-order chi connectivity index (χ1) is 3.31. The van der Waals surface area contributed by atoms with Crippen molar-refractivity contribution in [1.29, 1.82) is 0 Å². The second-order valence-corrected chi connectivity index (χ2v) is 2.67. The summed E-state index contributed by atoms with van der Waals surface area (Å²) >= 11 is 0. The van der Waals surface area contributed by atoms with Crippen LogP contribution in [0.5, 0.6) is 0 Å². The number of halogens is 1. The van der Waals surface area contributed by atoms with E-state index in [-0.39, 0.29) is 12.4 Å². The molecule has 2 atom stereocenters. The summed E-state index contributed by atoms with van der Waals surface area (Å²) in [4.78, 5) is 0. The largest absolute Gasteiger partial charge is 0.147 e. The minimum absolute atomic E-state index is 0. The van der Waals surface area contributed by atoms with Gasteiger partial charge in [-0.15, -0.1) is 21.6 Å². The summed E-state index contributed by atoms with van der Waals surface area (Å²) in [7, 11) is 2.75. The molecule has 0 aliphatic carbocycles. The quantitative estimate of drug-likeness (QED) is 0.549. The third-order valence-corrected chi connectivity index (χ3v) is 1.69. The van der Waals surface area contributed by atoms with Crippen LogP contribution >= 0.6 is 21.6 Å². The molecule has 0 saturated carbocycles. The van der Waals surface area contributed by atoms with Crippen molar-refractivity contribution in [1.82, 2.24) is 0 Å². The molecule has 52 valence electrons. The molecule has 0 fully saturated rings. The van der Waals surface area contributed by atoms with Gasteiger partial charge < -0.3 is 0 Å². The predicted molar refractivity (Wildman–Crippen MR) is 45.9 cm³/mol. The second-order valence-electron chi connectivity index (χ2n) is 2.09. The Morgan fingerprint density at radius 3 is 2.12 bits per heavy atom.